The number of carbonyl (C=O) groups excluding carboxylic acids is 1. The van der Waals surface area contributed by atoms with Gasteiger partial charge in [-0.15, -0.1) is 0 Å². The Labute approximate surface area is 107 Å². The van der Waals surface area contributed by atoms with E-state index in [0.29, 0.717) is 12.4 Å². The van der Waals surface area contributed by atoms with Gasteiger partial charge in [0.1, 0.15) is 5.82 Å². The molecule has 1 rings (SSSR count). The Balaban J connectivity index is 2.73. The second-order valence-corrected chi connectivity index (χ2v) is 3.84. The molecule has 6 nitrogen and oxygen atoms in total. The third-order valence-corrected chi connectivity index (χ3v) is 2.38. The lowest BCUT2D eigenvalue weighted by molar-refractivity contribution is 0.0587. The number of nitrogens with zero attached hydrogens (tertiary/aromatic N) is 2. The van der Waals surface area contributed by atoms with Crippen molar-refractivity contribution in [1.29, 1.82) is 0 Å². The van der Waals surface area contributed by atoms with Crippen LogP contribution in [0.25, 0.3) is 0 Å². The molecule has 0 spiro atoms. The molecule has 0 bridgehead atoms. The normalized spacial score (nSPS) is 11.9. The molecular formula is C12H19N3O3. The van der Waals surface area contributed by atoms with Crippen LogP contribution in [0.4, 0.5) is 5.82 Å². The van der Waals surface area contributed by atoms with Crippen molar-refractivity contribution < 1.29 is 14.3 Å². The summed E-state index contributed by atoms with van der Waals surface area (Å²) in [5.74, 6) is 0.105. The third-order valence-electron chi connectivity index (χ3n) is 2.38. The summed E-state index contributed by atoms with van der Waals surface area (Å²) in [5, 5.41) is 3.22. The van der Waals surface area contributed by atoms with Gasteiger partial charge in [0.15, 0.2) is 0 Å². The maximum atomic E-state index is 11.3. The van der Waals surface area contributed by atoms with Gasteiger partial charge in [0.25, 0.3) is 0 Å². The maximum Gasteiger partial charge on any atom is 0.376 e. The number of aromatic nitrogens is 2. The molecule has 1 atom stereocenters. The van der Waals surface area contributed by atoms with E-state index in [4.69, 9.17) is 4.74 Å². The van der Waals surface area contributed by atoms with Crippen molar-refractivity contribution in [3.05, 3.63) is 18.1 Å². The molecule has 1 unspecified atom stereocenters. The van der Waals surface area contributed by atoms with Crippen LogP contribution in [0.1, 0.15) is 30.4 Å². The van der Waals surface area contributed by atoms with Gasteiger partial charge in [-0.2, -0.15) is 0 Å². The van der Waals surface area contributed by atoms with E-state index in [9.17, 15) is 4.79 Å². The first kappa shape index (κ1) is 14.4. The lowest BCUT2D eigenvalue weighted by Gasteiger charge is -2.17. The molecule has 6 heteroatoms. The molecule has 100 valence electrons. The number of rotatable bonds is 7. The Kier molecular flexibility index (Phi) is 6.07. The standard InChI is InChI=1S/C12H19N3O3/c1-4-5-9(8-17-2)14-10-6-7-13-11(15-10)12(16)18-3/h6-7,9H,4-5,8H2,1-3H3,(H,13,14,15). The molecule has 0 radical (unpaired) electrons. The molecule has 18 heavy (non-hydrogen) atoms. The highest BCUT2D eigenvalue weighted by Crippen LogP contribution is 2.08. The van der Waals surface area contributed by atoms with Crippen molar-refractivity contribution in [3.63, 3.8) is 0 Å². The van der Waals surface area contributed by atoms with Gasteiger partial charge in [-0.1, -0.05) is 13.3 Å². The van der Waals surface area contributed by atoms with Crippen LogP contribution >= 0.6 is 0 Å². The molecule has 0 saturated carbocycles. The second-order valence-electron chi connectivity index (χ2n) is 3.84. The molecule has 1 aromatic rings. The lowest BCUT2D eigenvalue weighted by atomic mass is 10.2. The number of esters is 1. The minimum Gasteiger partial charge on any atom is -0.463 e. The van der Waals surface area contributed by atoms with Crippen LogP contribution in [0.15, 0.2) is 12.3 Å². The van der Waals surface area contributed by atoms with E-state index in [1.165, 1.54) is 13.3 Å². The van der Waals surface area contributed by atoms with Gasteiger partial charge in [0.05, 0.1) is 19.8 Å². The van der Waals surface area contributed by atoms with E-state index in [0.717, 1.165) is 12.8 Å². The monoisotopic (exact) mass is 253 g/mol. The Morgan fingerprint density at radius 3 is 2.89 bits per heavy atom. The Morgan fingerprint density at radius 1 is 1.50 bits per heavy atom. The van der Waals surface area contributed by atoms with Crippen LogP contribution < -0.4 is 5.32 Å². The first-order valence-electron chi connectivity index (χ1n) is 5.88. The largest absolute Gasteiger partial charge is 0.463 e. The summed E-state index contributed by atoms with van der Waals surface area (Å²) in [4.78, 5) is 19.3. The smallest absolute Gasteiger partial charge is 0.376 e. The van der Waals surface area contributed by atoms with E-state index in [-0.39, 0.29) is 11.9 Å². The molecule has 1 heterocycles. The topological polar surface area (TPSA) is 73.3 Å². The minimum atomic E-state index is -0.544. The van der Waals surface area contributed by atoms with E-state index in [2.05, 4.69) is 26.9 Å². The number of carbonyl (C=O) groups is 1. The molecular weight excluding hydrogens is 234 g/mol. The van der Waals surface area contributed by atoms with Crippen LogP contribution in [0.3, 0.4) is 0 Å². The Bertz CT molecular complexity index is 379. The minimum absolute atomic E-state index is 0.0511. The van der Waals surface area contributed by atoms with Crippen molar-refractivity contribution in [2.45, 2.75) is 25.8 Å². The highest BCUT2D eigenvalue weighted by atomic mass is 16.5. The quantitative estimate of drug-likeness (QED) is 0.742. The number of hydrogen-bond donors (Lipinski definition) is 1. The average Bonchev–Trinajstić information content (AvgIpc) is 2.39. The summed E-state index contributed by atoms with van der Waals surface area (Å²) in [6.07, 6.45) is 3.53. The zero-order valence-electron chi connectivity index (χ0n) is 11.0. The number of ether oxygens (including phenoxy) is 2. The summed E-state index contributed by atoms with van der Waals surface area (Å²) in [5.41, 5.74) is 0. The summed E-state index contributed by atoms with van der Waals surface area (Å²) in [6, 6.07) is 1.88. The van der Waals surface area contributed by atoms with Gasteiger partial charge >= 0.3 is 5.97 Å². The van der Waals surface area contributed by atoms with Gasteiger partial charge < -0.3 is 14.8 Å². The van der Waals surface area contributed by atoms with Crippen LogP contribution in [0.2, 0.25) is 0 Å². The van der Waals surface area contributed by atoms with Crippen molar-refractivity contribution in [2.75, 3.05) is 26.1 Å². The Morgan fingerprint density at radius 2 is 2.28 bits per heavy atom. The molecule has 0 aliphatic heterocycles. The number of anilines is 1. The zero-order chi connectivity index (χ0) is 13.4. The van der Waals surface area contributed by atoms with E-state index in [1.54, 1.807) is 13.2 Å². The maximum absolute atomic E-state index is 11.3. The summed E-state index contributed by atoms with van der Waals surface area (Å²) in [7, 11) is 2.96. The Hall–Kier alpha value is -1.69. The van der Waals surface area contributed by atoms with Crippen LogP contribution in [0, 0.1) is 0 Å². The lowest BCUT2D eigenvalue weighted by Crippen LogP contribution is -2.25. The first-order chi connectivity index (χ1) is 8.71. The van der Waals surface area contributed by atoms with Gasteiger partial charge in [-0.3, -0.25) is 0 Å². The molecule has 0 saturated heterocycles. The highest BCUT2D eigenvalue weighted by molar-refractivity contribution is 5.85. The van der Waals surface area contributed by atoms with Gasteiger partial charge in [0.2, 0.25) is 5.82 Å². The average molecular weight is 253 g/mol. The number of nitrogens with one attached hydrogen (secondary N) is 1. The van der Waals surface area contributed by atoms with Crippen LogP contribution in [0.5, 0.6) is 0 Å². The summed E-state index contributed by atoms with van der Waals surface area (Å²) < 4.78 is 9.70. The molecule has 0 amide bonds. The van der Waals surface area contributed by atoms with E-state index >= 15 is 0 Å². The van der Waals surface area contributed by atoms with Crippen molar-refractivity contribution in [1.82, 2.24) is 9.97 Å². The third kappa shape index (κ3) is 4.29. The number of hydrogen-bond acceptors (Lipinski definition) is 6. The predicted molar refractivity (Wildman–Crippen MR) is 67.6 cm³/mol. The van der Waals surface area contributed by atoms with Gasteiger partial charge in [0, 0.05) is 13.3 Å². The van der Waals surface area contributed by atoms with Gasteiger partial charge in [-0.25, -0.2) is 14.8 Å². The number of methoxy groups -OCH3 is 2. The van der Waals surface area contributed by atoms with Crippen LogP contribution in [-0.2, 0) is 9.47 Å². The fraction of sp³-hybridized carbons (Fsp3) is 0.583. The highest BCUT2D eigenvalue weighted by Gasteiger charge is 2.12. The van der Waals surface area contributed by atoms with Crippen molar-refractivity contribution >= 4 is 11.8 Å². The molecule has 1 aromatic heterocycles. The molecule has 1 N–H and O–H groups in total. The molecule has 0 fully saturated rings. The predicted octanol–water partition coefficient (Wildman–Crippen LogP) is 1.49. The van der Waals surface area contributed by atoms with E-state index < -0.39 is 5.97 Å². The zero-order valence-corrected chi connectivity index (χ0v) is 11.0. The summed E-state index contributed by atoms with van der Waals surface area (Å²) >= 11 is 0. The van der Waals surface area contributed by atoms with Crippen LogP contribution in [-0.4, -0.2) is 42.8 Å². The first-order valence-corrected chi connectivity index (χ1v) is 5.88. The summed E-state index contributed by atoms with van der Waals surface area (Å²) in [6.45, 7) is 2.69. The van der Waals surface area contributed by atoms with Crippen molar-refractivity contribution in [2.24, 2.45) is 0 Å². The second kappa shape index (κ2) is 7.60. The van der Waals surface area contributed by atoms with E-state index in [1.807, 2.05) is 0 Å². The molecule has 0 aliphatic rings. The molecule has 0 aromatic carbocycles. The fourth-order valence-corrected chi connectivity index (χ4v) is 1.58. The van der Waals surface area contributed by atoms with Gasteiger partial charge in [-0.05, 0) is 12.5 Å². The SMILES string of the molecule is CCCC(COC)Nc1ccnc(C(=O)OC)n1. The molecule has 0 aliphatic carbocycles. The van der Waals surface area contributed by atoms with Crippen molar-refractivity contribution in [3.8, 4) is 0 Å². The fourth-order valence-electron chi connectivity index (χ4n) is 1.58.